The SMILES string of the molecule is COc1cc(CN2CC(O)=C(c3nc(-c4ccccc4)cs3)C2=N)cc(OC)c1OC. The van der Waals surface area contributed by atoms with Gasteiger partial charge in [0.15, 0.2) is 11.5 Å². The van der Waals surface area contributed by atoms with Gasteiger partial charge < -0.3 is 24.2 Å². The van der Waals surface area contributed by atoms with Crippen molar-refractivity contribution in [3.05, 3.63) is 64.2 Å². The smallest absolute Gasteiger partial charge is 0.203 e. The number of rotatable bonds is 7. The molecule has 4 rings (SSSR count). The lowest BCUT2D eigenvalue weighted by molar-refractivity contribution is 0.321. The van der Waals surface area contributed by atoms with Crippen LogP contribution in [0.3, 0.4) is 0 Å². The number of methoxy groups -OCH3 is 3. The lowest BCUT2D eigenvalue weighted by Crippen LogP contribution is -2.26. The second kappa shape index (κ2) is 8.69. The minimum atomic E-state index is 0.145. The Bertz CT molecular complexity index is 1120. The summed E-state index contributed by atoms with van der Waals surface area (Å²) in [6.07, 6.45) is 0. The second-order valence-electron chi connectivity index (χ2n) is 6.96. The fourth-order valence-corrected chi connectivity index (χ4v) is 4.47. The molecular formula is C23H23N3O4S. The van der Waals surface area contributed by atoms with Crippen molar-refractivity contribution in [1.82, 2.24) is 9.88 Å². The lowest BCUT2D eigenvalue weighted by Gasteiger charge is -2.20. The number of ether oxygens (including phenoxy) is 3. The number of aromatic nitrogens is 1. The number of thiazole rings is 1. The van der Waals surface area contributed by atoms with Crippen molar-refractivity contribution < 1.29 is 19.3 Å². The first-order valence-corrected chi connectivity index (χ1v) is 10.5. The summed E-state index contributed by atoms with van der Waals surface area (Å²) >= 11 is 1.42. The van der Waals surface area contributed by atoms with Crippen molar-refractivity contribution in [3.63, 3.8) is 0 Å². The van der Waals surface area contributed by atoms with Gasteiger partial charge in [-0.25, -0.2) is 4.98 Å². The van der Waals surface area contributed by atoms with Gasteiger partial charge in [0.05, 0.1) is 39.1 Å². The molecule has 1 aliphatic heterocycles. The molecule has 0 saturated carbocycles. The zero-order chi connectivity index (χ0) is 22.0. The highest BCUT2D eigenvalue weighted by Crippen LogP contribution is 2.39. The third kappa shape index (κ3) is 3.94. The summed E-state index contributed by atoms with van der Waals surface area (Å²) in [7, 11) is 4.69. The molecule has 0 amide bonds. The van der Waals surface area contributed by atoms with Crippen LogP contribution in [0.1, 0.15) is 10.6 Å². The summed E-state index contributed by atoms with van der Waals surface area (Å²) in [6.45, 7) is 0.644. The molecule has 2 N–H and O–H groups in total. The van der Waals surface area contributed by atoms with Crippen molar-refractivity contribution in [2.45, 2.75) is 6.54 Å². The minimum Gasteiger partial charge on any atom is -0.510 e. The van der Waals surface area contributed by atoms with Gasteiger partial charge in [-0.05, 0) is 17.7 Å². The molecule has 0 bridgehead atoms. The van der Waals surface area contributed by atoms with Crippen LogP contribution < -0.4 is 14.2 Å². The fourth-order valence-electron chi connectivity index (χ4n) is 3.57. The molecule has 1 aromatic heterocycles. The number of nitrogens with one attached hydrogen (secondary N) is 1. The van der Waals surface area contributed by atoms with E-state index in [1.54, 1.807) is 26.2 Å². The molecule has 0 fully saturated rings. The van der Waals surface area contributed by atoms with Gasteiger partial charge in [0.25, 0.3) is 0 Å². The number of benzene rings is 2. The maximum absolute atomic E-state index is 10.6. The van der Waals surface area contributed by atoms with Crippen molar-refractivity contribution in [2.24, 2.45) is 0 Å². The molecule has 7 nitrogen and oxygen atoms in total. The van der Waals surface area contributed by atoms with Gasteiger partial charge in [0, 0.05) is 17.5 Å². The molecule has 0 unspecified atom stereocenters. The zero-order valence-electron chi connectivity index (χ0n) is 17.5. The summed E-state index contributed by atoms with van der Waals surface area (Å²) in [5, 5.41) is 21.9. The van der Waals surface area contributed by atoms with Crippen LogP contribution in [0.4, 0.5) is 0 Å². The monoisotopic (exact) mass is 437 g/mol. The van der Waals surface area contributed by atoms with E-state index in [2.05, 4.69) is 4.98 Å². The Labute approximate surface area is 184 Å². The topological polar surface area (TPSA) is 87.9 Å². The van der Waals surface area contributed by atoms with Crippen molar-refractivity contribution in [2.75, 3.05) is 27.9 Å². The number of hydrogen-bond acceptors (Lipinski definition) is 7. The molecule has 0 aliphatic carbocycles. The van der Waals surface area contributed by atoms with Crippen LogP contribution in [-0.4, -0.2) is 48.7 Å². The molecule has 31 heavy (non-hydrogen) atoms. The summed E-state index contributed by atoms with van der Waals surface area (Å²) in [5.74, 6) is 1.99. The summed E-state index contributed by atoms with van der Waals surface area (Å²) < 4.78 is 16.2. The number of hydrogen-bond donors (Lipinski definition) is 2. The van der Waals surface area contributed by atoms with Crippen molar-refractivity contribution >= 4 is 22.7 Å². The highest BCUT2D eigenvalue weighted by molar-refractivity contribution is 7.11. The van der Waals surface area contributed by atoms with Gasteiger partial charge in [-0.15, -0.1) is 11.3 Å². The Kier molecular flexibility index (Phi) is 5.81. The molecule has 2 aromatic carbocycles. The standard InChI is InChI=1S/C23H23N3O4S/c1-28-18-9-14(10-19(29-2)21(18)30-3)11-26-12-17(27)20(22(26)24)23-25-16(13-31-23)15-7-5-4-6-8-15/h4-10,13,24,27H,11-12H2,1-3H3. The van der Waals surface area contributed by atoms with Crippen LogP contribution in [0.25, 0.3) is 16.8 Å². The van der Waals surface area contributed by atoms with Gasteiger partial charge in [0.1, 0.15) is 16.6 Å². The zero-order valence-corrected chi connectivity index (χ0v) is 18.3. The summed E-state index contributed by atoms with van der Waals surface area (Å²) in [5.41, 5.74) is 3.18. The molecule has 2 heterocycles. The van der Waals surface area contributed by atoms with Gasteiger partial charge in [-0.3, -0.25) is 5.41 Å². The number of aliphatic hydroxyl groups is 1. The molecule has 1 aliphatic rings. The third-order valence-electron chi connectivity index (χ3n) is 5.07. The Morgan fingerprint density at radius 1 is 1.06 bits per heavy atom. The molecule has 0 radical (unpaired) electrons. The van der Waals surface area contributed by atoms with E-state index in [0.717, 1.165) is 16.8 Å². The molecule has 0 saturated heterocycles. The molecule has 3 aromatic rings. The maximum Gasteiger partial charge on any atom is 0.203 e. The Morgan fingerprint density at radius 2 is 1.74 bits per heavy atom. The first kappa shape index (κ1) is 20.7. The largest absolute Gasteiger partial charge is 0.510 e. The van der Waals surface area contributed by atoms with Crippen LogP contribution in [0.15, 0.2) is 53.6 Å². The van der Waals surface area contributed by atoms with Crippen LogP contribution in [0, 0.1) is 5.41 Å². The van der Waals surface area contributed by atoms with E-state index >= 15 is 0 Å². The summed E-state index contributed by atoms with van der Waals surface area (Å²) in [6, 6.07) is 13.6. The van der Waals surface area contributed by atoms with Gasteiger partial charge >= 0.3 is 0 Å². The first-order valence-electron chi connectivity index (χ1n) is 9.61. The molecule has 160 valence electrons. The molecular weight excluding hydrogens is 414 g/mol. The highest BCUT2D eigenvalue weighted by Gasteiger charge is 2.30. The predicted molar refractivity (Wildman–Crippen MR) is 121 cm³/mol. The van der Waals surface area contributed by atoms with E-state index in [9.17, 15) is 5.11 Å². The third-order valence-corrected chi connectivity index (χ3v) is 5.93. The number of aliphatic hydroxyl groups excluding tert-OH is 1. The Balaban J connectivity index is 1.57. The Hall–Kier alpha value is -3.52. The Morgan fingerprint density at radius 3 is 2.35 bits per heavy atom. The average molecular weight is 438 g/mol. The predicted octanol–water partition coefficient (Wildman–Crippen LogP) is 4.60. The van der Waals surface area contributed by atoms with Crippen LogP contribution >= 0.6 is 11.3 Å². The minimum absolute atomic E-state index is 0.145. The van der Waals surface area contributed by atoms with Crippen LogP contribution in [-0.2, 0) is 6.54 Å². The van der Waals surface area contributed by atoms with E-state index in [4.69, 9.17) is 19.6 Å². The highest BCUT2D eigenvalue weighted by atomic mass is 32.1. The normalized spacial score (nSPS) is 13.6. The molecule has 0 spiro atoms. The first-order chi connectivity index (χ1) is 15.0. The number of nitrogens with zero attached hydrogens (tertiary/aromatic N) is 2. The van der Waals surface area contributed by atoms with E-state index in [0.29, 0.717) is 34.4 Å². The lowest BCUT2D eigenvalue weighted by atomic mass is 10.1. The second-order valence-corrected chi connectivity index (χ2v) is 7.82. The summed E-state index contributed by atoms with van der Waals surface area (Å²) in [4.78, 5) is 6.45. The van der Waals surface area contributed by atoms with Gasteiger partial charge in [-0.2, -0.15) is 0 Å². The van der Waals surface area contributed by atoms with E-state index < -0.39 is 0 Å². The van der Waals surface area contributed by atoms with Crippen molar-refractivity contribution in [1.29, 1.82) is 5.41 Å². The van der Waals surface area contributed by atoms with Crippen LogP contribution in [0.2, 0.25) is 0 Å². The van der Waals surface area contributed by atoms with Gasteiger partial charge in [-0.1, -0.05) is 30.3 Å². The maximum atomic E-state index is 10.6. The number of amidine groups is 1. The van der Waals surface area contributed by atoms with E-state index in [1.807, 2.05) is 47.8 Å². The fraction of sp³-hybridized carbons (Fsp3) is 0.217. The molecule has 8 heteroatoms. The molecule has 0 atom stereocenters. The van der Waals surface area contributed by atoms with E-state index in [1.165, 1.54) is 11.3 Å². The van der Waals surface area contributed by atoms with E-state index in [-0.39, 0.29) is 18.1 Å². The average Bonchev–Trinajstić information content (AvgIpc) is 3.37. The van der Waals surface area contributed by atoms with Gasteiger partial charge in [0.2, 0.25) is 5.75 Å². The quantitative estimate of drug-likeness (QED) is 0.562. The van der Waals surface area contributed by atoms with Crippen LogP contribution in [0.5, 0.6) is 17.2 Å². The van der Waals surface area contributed by atoms with Crippen molar-refractivity contribution in [3.8, 4) is 28.5 Å².